The topological polar surface area (TPSA) is 68.1 Å². The van der Waals surface area contributed by atoms with Gasteiger partial charge >= 0.3 is 6.36 Å². The van der Waals surface area contributed by atoms with Crippen LogP contribution in [0.25, 0.3) is 0 Å². The van der Waals surface area contributed by atoms with Crippen molar-refractivity contribution < 1.29 is 17.9 Å². The van der Waals surface area contributed by atoms with E-state index in [9.17, 15) is 18.0 Å². The number of H-pyrrole nitrogens is 1. The van der Waals surface area contributed by atoms with Gasteiger partial charge in [-0.3, -0.25) is 4.79 Å². The van der Waals surface area contributed by atoms with Crippen LogP contribution < -0.4 is 16.0 Å². The SMILES string of the molecule is NCc1c(OC(F)(F)F)cc[nH]c1=O. The molecule has 14 heavy (non-hydrogen) atoms. The summed E-state index contributed by atoms with van der Waals surface area (Å²) in [5, 5.41) is 0. The summed E-state index contributed by atoms with van der Waals surface area (Å²) in [6.45, 7) is -0.318. The second-order valence-electron chi connectivity index (χ2n) is 2.40. The minimum Gasteiger partial charge on any atom is -0.405 e. The maximum atomic E-state index is 11.8. The number of rotatable bonds is 2. The molecular weight excluding hydrogens is 201 g/mol. The number of hydrogen-bond donors (Lipinski definition) is 2. The molecule has 1 aromatic heterocycles. The number of aromatic amines is 1. The van der Waals surface area contributed by atoms with Crippen LogP contribution in [0.1, 0.15) is 5.56 Å². The van der Waals surface area contributed by atoms with Gasteiger partial charge < -0.3 is 15.5 Å². The van der Waals surface area contributed by atoms with Crippen LogP contribution in [0.4, 0.5) is 13.2 Å². The highest BCUT2D eigenvalue weighted by Crippen LogP contribution is 2.23. The first-order valence-corrected chi connectivity index (χ1v) is 3.60. The average molecular weight is 208 g/mol. The third-order valence-corrected chi connectivity index (χ3v) is 1.45. The van der Waals surface area contributed by atoms with Crippen molar-refractivity contribution >= 4 is 0 Å². The Hall–Kier alpha value is -1.50. The van der Waals surface area contributed by atoms with E-state index in [1.54, 1.807) is 0 Å². The van der Waals surface area contributed by atoms with E-state index in [1.165, 1.54) is 0 Å². The highest BCUT2D eigenvalue weighted by atomic mass is 19.4. The van der Waals surface area contributed by atoms with Crippen LogP contribution >= 0.6 is 0 Å². The Bertz CT molecular complexity index is 372. The Morgan fingerprint density at radius 2 is 2.14 bits per heavy atom. The fraction of sp³-hybridized carbons (Fsp3) is 0.286. The van der Waals surface area contributed by atoms with Gasteiger partial charge in [0.2, 0.25) is 0 Å². The molecule has 4 nitrogen and oxygen atoms in total. The maximum absolute atomic E-state index is 11.8. The van der Waals surface area contributed by atoms with Crippen LogP contribution in [0.5, 0.6) is 5.75 Å². The molecule has 3 N–H and O–H groups in total. The highest BCUT2D eigenvalue weighted by Gasteiger charge is 2.32. The molecule has 0 aliphatic rings. The van der Waals surface area contributed by atoms with Crippen LogP contribution in [0.3, 0.4) is 0 Å². The summed E-state index contributed by atoms with van der Waals surface area (Å²) < 4.78 is 39.0. The van der Waals surface area contributed by atoms with E-state index in [4.69, 9.17) is 5.73 Å². The van der Waals surface area contributed by atoms with E-state index in [2.05, 4.69) is 9.72 Å². The molecule has 0 aliphatic heterocycles. The molecule has 1 aromatic rings. The zero-order valence-corrected chi connectivity index (χ0v) is 6.89. The molecule has 0 atom stereocenters. The van der Waals surface area contributed by atoms with Crippen molar-refractivity contribution in [3.05, 3.63) is 28.2 Å². The molecule has 0 bridgehead atoms. The van der Waals surface area contributed by atoms with Crippen molar-refractivity contribution in [3.8, 4) is 5.75 Å². The Labute approximate surface area is 76.5 Å². The van der Waals surface area contributed by atoms with Crippen LogP contribution in [-0.2, 0) is 6.54 Å². The molecule has 0 aliphatic carbocycles. The van der Waals surface area contributed by atoms with Crippen LogP contribution in [0, 0.1) is 0 Å². The number of aromatic nitrogens is 1. The van der Waals surface area contributed by atoms with E-state index in [1.807, 2.05) is 0 Å². The first-order chi connectivity index (χ1) is 6.44. The van der Waals surface area contributed by atoms with Gasteiger partial charge in [-0.15, -0.1) is 13.2 Å². The number of nitrogens with one attached hydrogen (secondary N) is 1. The summed E-state index contributed by atoms with van der Waals surface area (Å²) in [7, 11) is 0. The fourth-order valence-corrected chi connectivity index (χ4v) is 0.906. The molecule has 1 rings (SSSR count). The molecule has 0 saturated heterocycles. The molecule has 0 aromatic carbocycles. The van der Waals surface area contributed by atoms with Gasteiger partial charge in [0.25, 0.3) is 5.56 Å². The monoisotopic (exact) mass is 208 g/mol. The summed E-state index contributed by atoms with van der Waals surface area (Å²) >= 11 is 0. The normalized spacial score (nSPS) is 11.4. The second kappa shape index (κ2) is 3.70. The average Bonchev–Trinajstić information content (AvgIpc) is 2.01. The van der Waals surface area contributed by atoms with E-state index in [0.717, 1.165) is 12.3 Å². The number of halogens is 3. The summed E-state index contributed by atoms with van der Waals surface area (Å²) in [4.78, 5) is 13.2. The number of pyridine rings is 1. The first-order valence-electron chi connectivity index (χ1n) is 3.60. The van der Waals surface area contributed by atoms with Crippen molar-refractivity contribution in [1.29, 1.82) is 0 Å². The summed E-state index contributed by atoms with van der Waals surface area (Å²) in [6, 6.07) is 0.997. The molecule has 7 heteroatoms. The molecule has 0 saturated carbocycles. The van der Waals surface area contributed by atoms with Gasteiger partial charge in [-0.2, -0.15) is 0 Å². The molecular formula is C7H7F3N2O2. The smallest absolute Gasteiger partial charge is 0.405 e. The quantitative estimate of drug-likeness (QED) is 0.752. The van der Waals surface area contributed by atoms with Crippen LogP contribution in [0.2, 0.25) is 0 Å². The Morgan fingerprint density at radius 3 is 2.64 bits per heavy atom. The third-order valence-electron chi connectivity index (χ3n) is 1.45. The Balaban J connectivity index is 3.09. The van der Waals surface area contributed by atoms with Gasteiger partial charge in [-0.1, -0.05) is 0 Å². The zero-order valence-electron chi connectivity index (χ0n) is 6.89. The first kappa shape index (κ1) is 10.6. The summed E-state index contributed by atoms with van der Waals surface area (Å²) in [5.41, 5.74) is 4.19. The predicted octanol–water partition coefficient (Wildman–Crippen LogP) is 0.732. The zero-order chi connectivity index (χ0) is 10.8. The van der Waals surface area contributed by atoms with Crippen molar-refractivity contribution in [1.82, 2.24) is 4.98 Å². The van der Waals surface area contributed by atoms with Gasteiger partial charge in [0.05, 0.1) is 5.56 Å². The van der Waals surface area contributed by atoms with Crippen LogP contribution in [0.15, 0.2) is 17.1 Å². The van der Waals surface area contributed by atoms with Gasteiger partial charge in [0.1, 0.15) is 5.75 Å². The lowest BCUT2D eigenvalue weighted by Crippen LogP contribution is -2.23. The Morgan fingerprint density at radius 1 is 1.50 bits per heavy atom. The molecule has 0 fully saturated rings. The van der Waals surface area contributed by atoms with Crippen molar-refractivity contribution in [2.75, 3.05) is 0 Å². The largest absolute Gasteiger partial charge is 0.573 e. The number of alkyl halides is 3. The molecule has 0 amide bonds. The minimum absolute atomic E-state index is 0.232. The molecule has 0 spiro atoms. The van der Waals surface area contributed by atoms with Crippen molar-refractivity contribution in [2.45, 2.75) is 12.9 Å². The minimum atomic E-state index is -4.82. The van der Waals surface area contributed by atoms with Gasteiger partial charge in [-0.25, -0.2) is 0 Å². The molecule has 78 valence electrons. The lowest BCUT2D eigenvalue weighted by atomic mass is 10.2. The fourth-order valence-electron chi connectivity index (χ4n) is 0.906. The number of hydrogen-bond acceptors (Lipinski definition) is 3. The third kappa shape index (κ3) is 2.49. The van der Waals surface area contributed by atoms with Gasteiger partial charge in [-0.05, 0) is 6.07 Å². The molecule has 0 radical (unpaired) electrons. The Kier molecular flexibility index (Phi) is 2.80. The maximum Gasteiger partial charge on any atom is 0.573 e. The van der Waals surface area contributed by atoms with Crippen molar-refractivity contribution in [3.63, 3.8) is 0 Å². The highest BCUT2D eigenvalue weighted by molar-refractivity contribution is 5.29. The van der Waals surface area contributed by atoms with E-state index < -0.39 is 17.7 Å². The standard InChI is InChI=1S/C7H7F3N2O2/c8-7(9,10)14-5-1-2-12-6(13)4(5)3-11/h1-2H,3,11H2,(H,12,13). The lowest BCUT2D eigenvalue weighted by molar-refractivity contribution is -0.274. The van der Waals surface area contributed by atoms with Gasteiger partial charge in [0, 0.05) is 12.7 Å². The lowest BCUT2D eigenvalue weighted by Gasteiger charge is -2.10. The second-order valence-corrected chi connectivity index (χ2v) is 2.40. The van der Waals surface area contributed by atoms with E-state index >= 15 is 0 Å². The molecule has 1 heterocycles. The summed E-state index contributed by atoms with van der Waals surface area (Å²) in [6.07, 6.45) is -3.76. The predicted molar refractivity (Wildman–Crippen MR) is 41.6 cm³/mol. The van der Waals surface area contributed by atoms with Crippen LogP contribution in [-0.4, -0.2) is 11.3 Å². The summed E-state index contributed by atoms with van der Waals surface area (Å²) in [5.74, 6) is -0.566. The molecule has 0 unspecified atom stereocenters. The number of nitrogens with two attached hydrogens (primary N) is 1. The van der Waals surface area contributed by atoms with E-state index in [0.29, 0.717) is 0 Å². The number of ether oxygens (including phenoxy) is 1. The van der Waals surface area contributed by atoms with Crippen molar-refractivity contribution in [2.24, 2.45) is 5.73 Å². The van der Waals surface area contributed by atoms with E-state index in [-0.39, 0.29) is 12.1 Å². The van der Waals surface area contributed by atoms with Gasteiger partial charge in [0.15, 0.2) is 0 Å².